The molecule has 15 heavy (non-hydrogen) atoms. The lowest BCUT2D eigenvalue weighted by atomic mass is 9.81. The summed E-state index contributed by atoms with van der Waals surface area (Å²) in [5.41, 5.74) is -0.0155. The number of hydrogen-bond acceptors (Lipinski definition) is 1. The van der Waals surface area contributed by atoms with Crippen LogP contribution in [0.3, 0.4) is 0 Å². The van der Waals surface area contributed by atoms with Crippen molar-refractivity contribution in [3.05, 3.63) is 41.9 Å². The number of para-hydroxylation sites is 1. The fourth-order valence-electron chi connectivity index (χ4n) is 0.983. The van der Waals surface area contributed by atoms with Crippen LogP contribution < -0.4 is 4.74 Å². The van der Waals surface area contributed by atoms with E-state index >= 15 is 0 Å². The van der Waals surface area contributed by atoms with Crippen LogP contribution in [-0.4, -0.2) is 13.6 Å². The molecule has 0 aliphatic carbocycles. The molecule has 0 amide bonds. The second-order valence-electron chi connectivity index (χ2n) is 3.29. The minimum Gasteiger partial charge on any atom is -0.492 e. The van der Waals surface area contributed by atoms with E-state index in [1.54, 1.807) is 31.2 Å². The molecule has 1 aromatic rings. The van der Waals surface area contributed by atoms with Gasteiger partial charge < -0.3 is 17.7 Å². The van der Waals surface area contributed by atoms with Gasteiger partial charge in [-0.3, -0.25) is 0 Å². The van der Waals surface area contributed by atoms with E-state index in [2.05, 4.69) is 6.58 Å². The van der Waals surface area contributed by atoms with Crippen LogP contribution in [0.4, 0.5) is 12.9 Å². The molecule has 0 aliphatic rings. The summed E-state index contributed by atoms with van der Waals surface area (Å²) in [6.07, 6.45) is 0. The van der Waals surface area contributed by atoms with Gasteiger partial charge in [-0.15, -0.1) is 12.1 Å². The van der Waals surface area contributed by atoms with E-state index in [-0.39, 0.29) is 0 Å². The Balaban J connectivity index is 2.59. The number of aryl methyl sites for hydroxylation is 1. The lowest BCUT2D eigenvalue weighted by Gasteiger charge is -2.18. The molecule has 0 aliphatic heterocycles. The van der Waals surface area contributed by atoms with Crippen LogP contribution in [0.5, 0.6) is 5.75 Å². The van der Waals surface area contributed by atoms with Crippen LogP contribution in [0.1, 0.15) is 5.56 Å². The molecule has 0 aromatic heterocycles. The Morgan fingerprint density at radius 3 is 2.47 bits per heavy atom. The highest BCUT2D eigenvalue weighted by Gasteiger charge is 2.26. The Morgan fingerprint density at radius 2 is 1.93 bits per heavy atom. The summed E-state index contributed by atoms with van der Waals surface area (Å²) in [5.74, 6) is 0.457. The molecular formula is C10H11BF3O-. The summed E-state index contributed by atoms with van der Waals surface area (Å²) in [7, 11) is 0. The molecule has 1 nitrogen and oxygen atoms in total. The number of benzene rings is 1. The third-order valence-electron chi connectivity index (χ3n) is 1.97. The molecular weight excluding hydrogens is 204 g/mol. The summed E-state index contributed by atoms with van der Waals surface area (Å²) in [6, 6.07) is 6.91. The summed E-state index contributed by atoms with van der Waals surface area (Å²) in [4.78, 5) is 0. The van der Waals surface area contributed by atoms with Crippen LogP contribution in [0, 0.1) is 6.92 Å². The molecule has 0 atom stereocenters. The van der Waals surface area contributed by atoms with E-state index in [4.69, 9.17) is 4.74 Å². The highest BCUT2D eigenvalue weighted by molar-refractivity contribution is 6.66. The van der Waals surface area contributed by atoms with Crippen LogP contribution >= 0.6 is 0 Å². The first kappa shape index (κ1) is 11.7. The van der Waals surface area contributed by atoms with Crippen molar-refractivity contribution >= 4 is 6.98 Å². The first-order valence-electron chi connectivity index (χ1n) is 4.47. The quantitative estimate of drug-likeness (QED) is 0.700. The molecule has 1 aromatic carbocycles. The van der Waals surface area contributed by atoms with Crippen molar-refractivity contribution in [2.24, 2.45) is 0 Å². The highest BCUT2D eigenvalue weighted by atomic mass is 19.4. The van der Waals surface area contributed by atoms with Crippen molar-refractivity contribution < 1.29 is 17.7 Å². The van der Waals surface area contributed by atoms with Crippen molar-refractivity contribution in [2.45, 2.75) is 6.92 Å². The van der Waals surface area contributed by atoms with Gasteiger partial charge >= 0.3 is 6.98 Å². The minimum absolute atomic E-state index is 0.457. The topological polar surface area (TPSA) is 9.23 Å². The van der Waals surface area contributed by atoms with Crippen molar-refractivity contribution in [3.63, 3.8) is 0 Å². The molecule has 0 saturated heterocycles. The SMILES string of the molecule is C=C(COc1ccccc1C)[B-](F)(F)F. The van der Waals surface area contributed by atoms with E-state index < -0.39 is 19.1 Å². The summed E-state index contributed by atoms with van der Waals surface area (Å²) in [5, 5.41) is 0. The molecule has 0 saturated carbocycles. The number of hydrogen-bond donors (Lipinski definition) is 0. The Kier molecular flexibility index (Phi) is 3.45. The lowest BCUT2D eigenvalue weighted by molar-refractivity contribution is 0.344. The Hall–Kier alpha value is -1.39. The maximum Gasteiger partial charge on any atom is 0.508 e. The minimum atomic E-state index is -5.00. The first-order chi connectivity index (χ1) is 6.91. The van der Waals surface area contributed by atoms with E-state index in [9.17, 15) is 12.9 Å². The fraction of sp³-hybridized carbons (Fsp3) is 0.200. The molecule has 0 bridgehead atoms. The van der Waals surface area contributed by atoms with Gasteiger partial charge in [-0.1, -0.05) is 18.2 Å². The molecule has 1 rings (SSSR count). The van der Waals surface area contributed by atoms with Gasteiger partial charge in [0.15, 0.2) is 0 Å². The van der Waals surface area contributed by atoms with E-state index in [0.29, 0.717) is 5.75 Å². The van der Waals surface area contributed by atoms with Gasteiger partial charge in [0.05, 0.1) is 6.61 Å². The van der Waals surface area contributed by atoms with Crippen molar-refractivity contribution in [3.8, 4) is 5.75 Å². The van der Waals surface area contributed by atoms with Crippen molar-refractivity contribution in [1.29, 1.82) is 0 Å². The molecule has 0 heterocycles. The molecule has 82 valence electrons. The maximum absolute atomic E-state index is 12.1. The maximum atomic E-state index is 12.1. The van der Waals surface area contributed by atoms with E-state index in [0.717, 1.165) is 5.56 Å². The normalized spacial score (nSPS) is 11.2. The average Bonchev–Trinajstić information content (AvgIpc) is 2.14. The summed E-state index contributed by atoms with van der Waals surface area (Å²) >= 11 is 0. The Labute approximate surface area is 86.6 Å². The molecule has 0 spiro atoms. The van der Waals surface area contributed by atoms with E-state index in [1.807, 2.05) is 0 Å². The monoisotopic (exact) mass is 215 g/mol. The number of ether oxygens (including phenoxy) is 1. The summed E-state index contributed by atoms with van der Waals surface area (Å²) < 4.78 is 41.4. The largest absolute Gasteiger partial charge is 0.508 e. The molecule has 0 unspecified atom stereocenters. The van der Waals surface area contributed by atoms with Gasteiger partial charge in [0.2, 0.25) is 0 Å². The third kappa shape index (κ3) is 3.34. The molecule has 0 radical (unpaired) electrons. The smallest absolute Gasteiger partial charge is 0.492 e. The Morgan fingerprint density at radius 1 is 1.33 bits per heavy atom. The van der Waals surface area contributed by atoms with Crippen LogP contribution in [0.2, 0.25) is 0 Å². The predicted octanol–water partition coefficient (Wildman–Crippen LogP) is 3.32. The van der Waals surface area contributed by atoms with Crippen LogP contribution in [0.15, 0.2) is 36.3 Å². The van der Waals surface area contributed by atoms with Crippen LogP contribution in [-0.2, 0) is 0 Å². The van der Waals surface area contributed by atoms with Crippen molar-refractivity contribution in [2.75, 3.05) is 6.61 Å². The van der Waals surface area contributed by atoms with Gasteiger partial charge in [-0.25, -0.2) is 0 Å². The molecule has 0 N–H and O–H groups in total. The summed E-state index contributed by atoms with van der Waals surface area (Å²) in [6.45, 7) is -0.783. The molecule has 0 fully saturated rings. The second-order valence-corrected chi connectivity index (χ2v) is 3.29. The zero-order chi connectivity index (χ0) is 11.5. The van der Waals surface area contributed by atoms with E-state index in [1.165, 1.54) is 0 Å². The average molecular weight is 215 g/mol. The van der Waals surface area contributed by atoms with Gasteiger partial charge in [0.1, 0.15) is 5.75 Å². The third-order valence-corrected chi connectivity index (χ3v) is 1.97. The zero-order valence-corrected chi connectivity index (χ0v) is 8.34. The standard InChI is InChI=1S/C10H11BF3O/c1-8-5-3-4-6-10(8)15-7-9(2)11(12,13)14/h3-6H,2,7H2,1H3/q-1. The highest BCUT2D eigenvalue weighted by Crippen LogP contribution is 2.21. The Bertz CT molecular complexity index is 360. The van der Waals surface area contributed by atoms with Crippen LogP contribution in [0.25, 0.3) is 0 Å². The zero-order valence-electron chi connectivity index (χ0n) is 8.34. The fourth-order valence-corrected chi connectivity index (χ4v) is 0.983. The van der Waals surface area contributed by atoms with Gasteiger partial charge in [0, 0.05) is 0 Å². The van der Waals surface area contributed by atoms with Gasteiger partial charge in [-0.05, 0) is 18.6 Å². The predicted molar refractivity (Wildman–Crippen MR) is 54.9 cm³/mol. The second kappa shape index (κ2) is 4.42. The lowest BCUT2D eigenvalue weighted by Crippen LogP contribution is -2.23. The van der Waals surface area contributed by atoms with Crippen molar-refractivity contribution in [1.82, 2.24) is 0 Å². The molecule has 5 heteroatoms. The number of halogens is 3. The first-order valence-corrected chi connectivity index (χ1v) is 4.47. The van der Waals surface area contributed by atoms with Gasteiger partial charge in [-0.2, -0.15) is 0 Å². The number of rotatable bonds is 4. The van der Waals surface area contributed by atoms with Gasteiger partial charge in [0.25, 0.3) is 0 Å².